The highest BCUT2D eigenvalue weighted by atomic mass is 35.5. The third-order valence-corrected chi connectivity index (χ3v) is 4.12. The summed E-state index contributed by atoms with van der Waals surface area (Å²) in [6.07, 6.45) is -1.73. The second-order valence-electron chi connectivity index (χ2n) is 5.92. The van der Waals surface area contributed by atoms with Crippen molar-refractivity contribution in [2.75, 3.05) is 0 Å². The van der Waals surface area contributed by atoms with E-state index in [4.69, 9.17) is 21.1 Å². The van der Waals surface area contributed by atoms with Crippen molar-refractivity contribution in [3.05, 3.63) is 86.9 Å². The first kappa shape index (κ1) is 22.0. The minimum Gasteiger partial charge on any atom is -0.456 e. The van der Waals surface area contributed by atoms with Gasteiger partial charge in [0.05, 0.1) is 15.5 Å². The van der Waals surface area contributed by atoms with Crippen molar-refractivity contribution in [1.82, 2.24) is 9.97 Å². The summed E-state index contributed by atoms with van der Waals surface area (Å²) in [7, 11) is 0. The van der Waals surface area contributed by atoms with E-state index in [1.807, 2.05) is 0 Å². The highest BCUT2D eigenvalue weighted by molar-refractivity contribution is 6.32. The van der Waals surface area contributed by atoms with Gasteiger partial charge in [-0.25, -0.2) is 14.8 Å². The van der Waals surface area contributed by atoms with Crippen molar-refractivity contribution in [3.8, 4) is 11.5 Å². The molecule has 0 unspecified atom stereocenters. The van der Waals surface area contributed by atoms with Crippen LogP contribution < -0.4 is 4.74 Å². The number of nitro benzene ring substituents is 1. The fraction of sp³-hybridized carbons (Fsp3) is 0.105. The van der Waals surface area contributed by atoms with E-state index in [2.05, 4.69) is 9.97 Å². The summed E-state index contributed by atoms with van der Waals surface area (Å²) in [4.78, 5) is 30.6. The van der Waals surface area contributed by atoms with E-state index >= 15 is 0 Å². The van der Waals surface area contributed by atoms with Crippen LogP contribution in [-0.4, -0.2) is 20.9 Å². The molecule has 0 atom stereocenters. The molecule has 0 spiro atoms. The zero-order valence-corrected chi connectivity index (χ0v) is 16.1. The van der Waals surface area contributed by atoms with Gasteiger partial charge >= 0.3 is 12.1 Å². The third-order valence-electron chi connectivity index (χ3n) is 3.82. The summed E-state index contributed by atoms with van der Waals surface area (Å²) in [6.45, 7) is -0.327. The Bertz CT molecular complexity index is 1130. The Morgan fingerprint density at radius 1 is 1.13 bits per heavy atom. The van der Waals surface area contributed by atoms with E-state index in [1.165, 1.54) is 18.5 Å². The minimum atomic E-state index is -4.59. The van der Waals surface area contributed by atoms with Crippen LogP contribution in [0.1, 0.15) is 21.7 Å². The molecule has 1 heterocycles. The first-order valence-electron chi connectivity index (χ1n) is 8.41. The summed E-state index contributed by atoms with van der Waals surface area (Å²) < 4.78 is 48.7. The standard InChI is InChI=1S/C19H11ClF3N3O5/c20-14-8-11(19(21,22)23)2-5-16(14)31-12-3-4-15(26(28)29)13(9-12)18(27)30-10-17-24-6-1-7-25-17/h1-9H,10H2. The SMILES string of the molecule is O=C(OCc1ncccn1)c1cc(Oc2ccc(C(F)(F)F)cc2Cl)ccc1[N+](=O)[O-]. The second-order valence-corrected chi connectivity index (χ2v) is 6.33. The van der Waals surface area contributed by atoms with Gasteiger partial charge in [0.15, 0.2) is 12.4 Å². The number of ether oxygens (including phenoxy) is 2. The van der Waals surface area contributed by atoms with E-state index in [1.54, 1.807) is 6.07 Å². The lowest BCUT2D eigenvalue weighted by Gasteiger charge is -2.12. The fourth-order valence-corrected chi connectivity index (χ4v) is 2.62. The van der Waals surface area contributed by atoms with Crippen molar-refractivity contribution in [2.45, 2.75) is 12.8 Å². The molecular formula is C19H11ClF3N3O5. The Hall–Kier alpha value is -3.73. The number of esters is 1. The molecule has 0 N–H and O–H groups in total. The second kappa shape index (κ2) is 8.96. The maximum Gasteiger partial charge on any atom is 0.416 e. The van der Waals surface area contributed by atoms with Crippen LogP contribution in [0.25, 0.3) is 0 Å². The van der Waals surface area contributed by atoms with Gasteiger partial charge in [-0.15, -0.1) is 0 Å². The Kier molecular flexibility index (Phi) is 6.35. The number of carbonyl (C=O) groups excluding carboxylic acids is 1. The van der Waals surface area contributed by atoms with Crippen molar-refractivity contribution in [1.29, 1.82) is 0 Å². The van der Waals surface area contributed by atoms with Crippen molar-refractivity contribution in [3.63, 3.8) is 0 Å². The van der Waals surface area contributed by atoms with Gasteiger partial charge in [-0.2, -0.15) is 13.2 Å². The molecule has 0 saturated heterocycles. The minimum absolute atomic E-state index is 0.0739. The molecule has 1 aromatic heterocycles. The highest BCUT2D eigenvalue weighted by Gasteiger charge is 2.31. The largest absolute Gasteiger partial charge is 0.456 e. The van der Waals surface area contributed by atoms with Crippen LogP contribution in [0.3, 0.4) is 0 Å². The van der Waals surface area contributed by atoms with E-state index in [0.29, 0.717) is 6.07 Å². The number of hydrogen-bond donors (Lipinski definition) is 0. The van der Waals surface area contributed by atoms with E-state index in [-0.39, 0.29) is 29.0 Å². The average Bonchev–Trinajstić information content (AvgIpc) is 2.73. The van der Waals surface area contributed by atoms with E-state index in [9.17, 15) is 28.1 Å². The fourth-order valence-electron chi connectivity index (χ4n) is 2.40. The molecule has 31 heavy (non-hydrogen) atoms. The zero-order chi connectivity index (χ0) is 22.6. The first-order valence-corrected chi connectivity index (χ1v) is 8.79. The number of nitrogens with zero attached hydrogens (tertiary/aromatic N) is 3. The first-order chi connectivity index (χ1) is 14.6. The zero-order valence-electron chi connectivity index (χ0n) is 15.3. The van der Waals surface area contributed by atoms with Crippen LogP contribution in [0.15, 0.2) is 54.9 Å². The molecule has 2 aromatic carbocycles. The summed E-state index contributed by atoms with van der Waals surface area (Å²) in [5, 5.41) is 10.9. The Morgan fingerprint density at radius 3 is 2.45 bits per heavy atom. The summed E-state index contributed by atoms with van der Waals surface area (Å²) in [5.41, 5.74) is -1.95. The molecule has 0 fully saturated rings. The molecule has 12 heteroatoms. The summed E-state index contributed by atoms with van der Waals surface area (Å²) >= 11 is 5.85. The molecule has 0 bridgehead atoms. The lowest BCUT2D eigenvalue weighted by Crippen LogP contribution is -2.10. The maximum atomic E-state index is 12.8. The van der Waals surface area contributed by atoms with E-state index in [0.717, 1.165) is 24.3 Å². The number of benzene rings is 2. The summed E-state index contributed by atoms with van der Waals surface area (Å²) in [5.74, 6) is -1.07. The van der Waals surface area contributed by atoms with Crippen LogP contribution in [0.2, 0.25) is 5.02 Å². The topological polar surface area (TPSA) is 104 Å². The molecule has 8 nitrogen and oxygen atoms in total. The Balaban J connectivity index is 1.84. The molecule has 160 valence electrons. The van der Waals surface area contributed by atoms with Crippen molar-refractivity contribution >= 4 is 23.3 Å². The predicted octanol–water partition coefficient (Wildman–Crippen LogP) is 5.21. The quantitative estimate of drug-likeness (QED) is 0.287. The average molecular weight is 454 g/mol. The molecule has 0 saturated carbocycles. The van der Waals surface area contributed by atoms with Crippen LogP contribution in [0, 0.1) is 10.1 Å². The number of alkyl halides is 3. The number of aromatic nitrogens is 2. The van der Waals surface area contributed by atoms with Crippen LogP contribution >= 0.6 is 11.6 Å². The van der Waals surface area contributed by atoms with Crippen LogP contribution in [0.5, 0.6) is 11.5 Å². The van der Waals surface area contributed by atoms with E-state index < -0.39 is 33.9 Å². The van der Waals surface area contributed by atoms with Gasteiger partial charge < -0.3 is 9.47 Å². The number of hydrogen-bond acceptors (Lipinski definition) is 7. The lowest BCUT2D eigenvalue weighted by molar-refractivity contribution is -0.385. The third kappa shape index (κ3) is 5.45. The maximum absolute atomic E-state index is 12.8. The molecular weight excluding hydrogens is 443 g/mol. The number of carbonyl (C=O) groups is 1. The monoisotopic (exact) mass is 453 g/mol. The molecule has 3 rings (SSSR count). The van der Waals surface area contributed by atoms with Gasteiger partial charge in [0.25, 0.3) is 5.69 Å². The molecule has 0 radical (unpaired) electrons. The Morgan fingerprint density at radius 2 is 1.84 bits per heavy atom. The van der Waals surface area contributed by atoms with Gasteiger partial charge in [-0.05, 0) is 30.3 Å². The normalized spacial score (nSPS) is 11.1. The molecule has 0 amide bonds. The number of nitro groups is 1. The molecule has 0 aliphatic heterocycles. The van der Waals surface area contributed by atoms with Crippen molar-refractivity contribution in [2.24, 2.45) is 0 Å². The lowest BCUT2D eigenvalue weighted by atomic mass is 10.1. The molecule has 3 aromatic rings. The van der Waals surface area contributed by atoms with Crippen LogP contribution in [0.4, 0.5) is 18.9 Å². The Labute approximate surface area is 177 Å². The van der Waals surface area contributed by atoms with Gasteiger partial charge in [-0.1, -0.05) is 11.6 Å². The summed E-state index contributed by atoms with van der Waals surface area (Å²) in [6, 6.07) is 7.20. The number of rotatable bonds is 6. The van der Waals surface area contributed by atoms with Gasteiger partial charge in [-0.3, -0.25) is 10.1 Å². The highest BCUT2D eigenvalue weighted by Crippen LogP contribution is 2.37. The predicted molar refractivity (Wildman–Crippen MR) is 101 cm³/mol. The van der Waals surface area contributed by atoms with Gasteiger partial charge in [0.1, 0.15) is 17.1 Å². The van der Waals surface area contributed by atoms with Crippen LogP contribution in [-0.2, 0) is 17.5 Å². The van der Waals surface area contributed by atoms with Gasteiger partial charge in [0.2, 0.25) is 0 Å². The number of halogens is 4. The molecule has 0 aliphatic carbocycles. The van der Waals surface area contributed by atoms with Gasteiger partial charge in [0, 0.05) is 24.5 Å². The smallest absolute Gasteiger partial charge is 0.416 e. The molecule has 0 aliphatic rings. The van der Waals surface area contributed by atoms with Crippen molar-refractivity contribution < 1.29 is 32.4 Å².